The van der Waals surface area contributed by atoms with Crippen molar-refractivity contribution in [3.8, 4) is 0 Å². The lowest BCUT2D eigenvalue weighted by atomic mass is 13.8. The third kappa shape index (κ3) is 6.49. The molecule has 0 aliphatic rings. The maximum Gasteiger partial charge on any atom is 0.297 e. The zero-order chi connectivity index (χ0) is 9.07. The second kappa shape index (κ2) is 4.20. The van der Waals surface area contributed by atoms with Crippen molar-refractivity contribution in [1.82, 2.24) is 8.25 Å². The Morgan fingerprint density at radius 2 is 1.27 bits per heavy atom. The lowest BCUT2D eigenvalue weighted by Crippen LogP contribution is -2.38. The highest BCUT2D eigenvalue weighted by Crippen LogP contribution is 1.78. The number of hydrogen-bond acceptors (Lipinski definition) is 6. The highest BCUT2D eigenvalue weighted by molar-refractivity contribution is 8.04. The van der Waals surface area contributed by atoms with Crippen LogP contribution in [0.4, 0.5) is 0 Å². The average molecular weight is 222 g/mol. The van der Waals surface area contributed by atoms with Gasteiger partial charge >= 0.3 is 0 Å². The first-order chi connectivity index (χ1) is 4.83. The van der Waals surface area contributed by atoms with Crippen molar-refractivity contribution >= 4 is 32.7 Å². The Bertz CT molecular complexity index is 242. The van der Waals surface area contributed by atoms with E-state index >= 15 is 0 Å². The summed E-state index contributed by atoms with van der Waals surface area (Å²) in [5, 5.41) is 0. The van der Waals surface area contributed by atoms with Gasteiger partial charge in [-0.25, -0.2) is 0 Å². The van der Waals surface area contributed by atoms with E-state index in [4.69, 9.17) is 0 Å². The topological polar surface area (TPSA) is 138 Å². The van der Waals surface area contributed by atoms with Crippen LogP contribution in [0.15, 0.2) is 0 Å². The van der Waals surface area contributed by atoms with E-state index in [-0.39, 0.29) is 0 Å². The van der Waals surface area contributed by atoms with E-state index in [9.17, 15) is 25.9 Å². The third-order valence-electron chi connectivity index (χ3n) is 0.355. The number of hydrogen-bond donors (Lipinski definition) is 2. The Hall–Kier alpha value is 0.0900. The molecule has 0 fully saturated rings. The van der Waals surface area contributed by atoms with Gasteiger partial charge in [0.1, 0.15) is 0 Å². The molecule has 0 heterocycles. The molecular weight excluding hydrogens is 220 g/mol. The van der Waals surface area contributed by atoms with Crippen molar-refractivity contribution in [1.29, 1.82) is 0 Å². The molecular formula is H2N2O6S3-2. The summed E-state index contributed by atoms with van der Waals surface area (Å²) in [6, 6.07) is 0. The smallest absolute Gasteiger partial charge is 0.297 e. The van der Waals surface area contributed by atoms with Crippen LogP contribution in [0.2, 0.25) is 0 Å². The fourth-order valence-corrected chi connectivity index (χ4v) is 2.07. The van der Waals surface area contributed by atoms with E-state index in [2.05, 4.69) is 0 Å². The number of rotatable bonds is 4. The predicted octanol–water partition coefficient (Wildman–Crippen LogP) is -3.00. The van der Waals surface area contributed by atoms with E-state index in [1.54, 1.807) is 0 Å². The fourth-order valence-electron chi connectivity index (χ4n) is 0.196. The van der Waals surface area contributed by atoms with Gasteiger partial charge in [0.15, 0.2) is 0 Å². The van der Waals surface area contributed by atoms with Crippen molar-refractivity contribution in [2.45, 2.75) is 0 Å². The molecule has 68 valence electrons. The molecule has 0 amide bonds. The van der Waals surface area contributed by atoms with Crippen molar-refractivity contribution in [2.75, 3.05) is 0 Å². The first kappa shape index (κ1) is 11.1. The van der Waals surface area contributed by atoms with Gasteiger partial charge in [0, 0.05) is 22.5 Å². The van der Waals surface area contributed by atoms with E-state index < -0.39 is 32.7 Å². The van der Waals surface area contributed by atoms with Crippen LogP contribution < -0.4 is 8.25 Å². The van der Waals surface area contributed by atoms with Crippen molar-refractivity contribution in [2.24, 2.45) is 0 Å². The average Bonchev–Trinajstić information content (AvgIpc) is 1.53. The van der Waals surface area contributed by atoms with E-state index in [0.29, 0.717) is 0 Å². The summed E-state index contributed by atoms with van der Waals surface area (Å²) in [5.41, 5.74) is 0. The fraction of sp³-hybridized carbons (Fsp3) is 0. The van der Waals surface area contributed by atoms with Crippen LogP contribution in [-0.2, 0) is 32.7 Å². The summed E-state index contributed by atoms with van der Waals surface area (Å²) in [6.07, 6.45) is 0. The summed E-state index contributed by atoms with van der Waals surface area (Å²) < 4.78 is 61.0. The molecule has 0 spiro atoms. The molecule has 11 heavy (non-hydrogen) atoms. The standard InChI is InChI=1S/H4N2O6S3/c3-9(4)1-11(7,8)2-10(5)6/h1-2H,(H,3,4)(H,5,6)/p-2. The summed E-state index contributed by atoms with van der Waals surface area (Å²) in [5.74, 6) is 0. The van der Waals surface area contributed by atoms with Gasteiger partial charge in [0.05, 0.1) is 0 Å². The molecule has 0 bridgehead atoms. The van der Waals surface area contributed by atoms with Gasteiger partial charge in [-0.15, -0.1) is 8.25 Å². The minimum absolute atomic E-state index is 0.935. The first-order valence-corrected chi connectivity index (χ1v) is 5.45. The van der Waals surface area contributed by atoms with Gasteiger partial charge in [-0.3, -0.25) is 8.42 Å². The maximum atomic E-state index is 10.2. The van der Waals surface area contributed by atoms with Crippen LogP contribution in [0.1, 0.15) is 0 Å². The lowest BCUT2D eigenvalue weighted by Gasteiger charge is -2.10. The molecule has 0 aromatic heterocycles. The monoisotopic (exact) mass is 222 g/mol. The van der Waals surface area contributed by atoms with Crippen LogP contribution >= 0.6 is 0 Å². The number of nitrogens with one attached hydrogen (secondary N) is 2. The van der Waals surface area contributed by atoms with E-state index in [1.807, 2.05) is 0 Å². The van der Waals surface area contributed by atoms with Crippen LogP contribution in [0, 0.1) is 0 Å². The van der Waals surface area contributed by atoms with Gasteiger partial charge in [0.25, 0.3) is 10.2 Å². The first-order valence-electron chi connectivity index (χ1n) is 1.82. The van der Waals surface area contributed by atoms with Gasteiger partial charge < -0.3 is 9.11 Å². The summed E-state index contributed by atoms with van der Waals surface area (Å²) in [4.78, 5) is 0. The molecule has 0 rings (SSSR count). The predicted molar refractivity (Wildman–Crippen MR) is 33.0 cm³/mol. The van der Waals surface area contributed by atoms with Gasteiger partial charge in [0.2, 0.25) is 0 Å². The molecule has 11 heteroatoms. The molecule has 8 nitrogen and oxygen atoms in total. The maximum absolute atomic E-state index is 10.2. The Kier molecular flexibility index (Phi) is 4.23. The summed E-state index contributed by atoms with van der Waals surface area (Å²) in [6.45, 7) is 0. The second-order valence-electron chi connectivity index (χ2n) is 1.14. The van der Waals surface area contributed by atoms with Crippen LogP contribution in [-0.4, -0.2) is 25.9 Å². The Balaban J connectivity index is 4.25. The summed E-state index contributed by atoms with van der Waals surface area (Å²) in [7, 11) is -4.51. The second-order valence-corrected chi connectivity index (χ2v) is 4.42. The highest BCUT2D eigenvalue weighted by Gasteiger charge is 2.07. The van der Waals surface area contributed by atoms with Crippen molar-refractivity contribution in [3.05, 3.63) is 0 Å². The minimum Gasteiger partial charge on any atom is -0.759 e. The highest BCUT2D eigenvalue weighted by atomic mass is 32.3. The van der Waals surface area contributed by atoms with Crippen LogP contribution in [0.25, 0.3) is 0 Å². The van der Waals surface area contributed by atoms with Gasteiger partial charge in [-0.05, 0) is 0 Å². The molecule has 0 aliphatic carbocycles. The van der Waals surface area contributed by atoms with E-state index in [0.717, 1.165) is 8.25 Å². The van der Waals surface area contributed by atoms with Crippen LogP contribution in [0.3, 0.4) is 0 Å². The molecule has 2 unspecified atom stereocenters. The Morgan fingerprint density at radius 3 is 1.45 bits per heavy atom. The zero-order valence-electron chi connectivity index (χ0n) is 4.67. The molecule has 0 aliphatic heterocycles. The largest absolute Gasteiger partial charge is 0.759 e. The molecule has 2 atom stereocenters. The van der Waals surface area contributed by atoms with E-state index in [1.165, 1.54) is 0 Å². The quantitative estimate of drug-likeness (QED) is 0.486. The molecule has 2 N–H and O–H groups in total. The van der Waals surface area contributed by atoms with Gasteiger partial charge in [-0.2, -0.15) is 8.42 Å². The molecule has 0 saturated heterocycles. The van der Waals surface area contributed by atoms with Crippen molar-refractivity contribution < 1.29 is 25.9 Å². The molecule has 0 radical (unpaired) electrons. The zero-order valence-corrected chi connectivity index (χ0v) is 7.12. The minimum atomic E-state index is -4.51. The Labute approximate surface area is 67.4 Å². The molecule has 0 aromatic carbocycles. The molecule has 0 aromatic rings. The van der Waals surface area contributed by atoms with Crippen molar-refractivity contribution in [3.63, 3.8) is 0 Å². The summed E-state index contributed by atoms with van der Waals surface area (Å²) >= 11 is -6.15. The van der Waals surface area contributed by atoms with Crippen LogP contribution in [0.5, 0.6) is 0 Å². The SMILES string of the molecule is O=S([O-])NS(=O)(=O)NS(=O)[O-]. The molecule has 0 saturated carbocycles. The normalized spacial score (nSPS) is 17.6. The van der Waals surface area contributed by atoms with Gasteiger partial charge in [-0.1, -0.05) is 0 Å². The Morgan fingerprint density at radius 1 is 1.00 bits per heavy atom. The third-order valence-corrected chi connectivity index (χ3v) is 3.20. The lowest BCUT2D eigenvalue weighted by molar-refractivity contribution is 0.524.